The lowest BCUT2D eigenvalue weighted by Crippen LogP contribution is -2.62. The maximum atomic E-state index is 12.7. The first-order valence-electron chi connectivity index (χ1n) is 4.47. The van der Waals surface area contributed by atoms with Gasteiger partial charge in [0, 0.05) is 6.61 Å². The zero-order valence-electron chi connectivity index (χ0n) is 7.32. The minimum atomic E-state index is -2.73. The normalized spacial score (nSPS) is 39.2. The standard InChI is InChI=1S/C8H13F2NO2/c9-7(10)4-11-8(13-5-7)2-1-3-12-6-8/h11H,1-6H2. The zero-order chi connectivity index (χ0) is 9.36. The summed E-state index contributed by atoms with van der Waals surface area (Å²) in [6, 6.07) is 0. The fraction of sp³-hybridized carbons (Fsp3) is 1.00. The molecule has 0 amide bonds. The largest absolute Gasteiger partial charge is 0.377 e. The molecule has 0 aromatic carbocycles. The Morgan fingerprint density at radius 2 is 2.08 bits per heavy atom. The minimum Gasteiger partial charge on any atom is -0.377 e. The van der Waals surface area contributed by atoms with Crippen LogP contribution < -0.4 is 5.32 Å². The average molecular weight is 193 g/mol. The first-order chi connectivity index (χ1) is 6.12. The Labute approximate surface area is 75.4 Å². The molecule has 5 heteroatoms. The van der Waals surface area contributed by atoms with E-state index >= 15 is 0 Å². The van der Waals surface area contributed by atoms with Crippen molar-refractivity contribution in [1.29, 1.82) is 0 Å². The van der Waals surface area contributed by atoms with Crippen molar-refractivity contribution in [3.05, 3.63) is 0 Å². The molecule has 13 heavy (non-hydrogen) atoms. The van der Waals surface area contributed by atoms with Crippen molar-refractivity contribution in [2.45, 2.75) is 24.5 Å². The van der Waals surface area contributed by atoms with E-state index in [1.807, 2.05) is 0 Å². The molecular weight excluding hydrogens is 180 g/mol. The highest BCUT2D eigenvalue weighted by Crippen LogP contribution is 2.28. The summed E-state index contributed by atoms with van der Waals surface area (Å²) in [5.74, 6) is -2.73. The van der Waals surface area contributed by atoms with Crippen molar-refractivity contribution in [3.8, 4) is 0 Å². The van der Waals surface area contributed by atoms with E-state index in [-0.39, 0.29) is 6.54 Å². The van der Waals surface area contributed by atoms with Gasteiger partial charge >= 0.3 is 0 Å². The summed E-state index contributed by atoms with van der Waals surface area (Å²) in [4.78, 5) is 0. The fourth-order valence-electron chi connectivity index (χ4n) is 1.66. The molecule has 3 nitrogen and oxygen atoms in total. The lowest BCUT2D eigenvalue weighted by Gasteiger charge is -2.42. The van der Waals surface area contributed by atoms with Crippen LogP contribution in [0.4, 0.5) is 8.78 Å². The quantitative estimate of drug-likeness (QED) is 0.615. The Bertz CT molecular complexity index is 181. The van der Waals surface area contributed by atoms with Gasteiger partial charge in [0.2, 0.25) is 0 Å². The van der Waals surface area contributed by atoms with Crippen LogP contribution in [-0.2, 0) is 9.47 Å². The summed E-state index contributed by atoms with van der Waals surface area (Å²) in [5, 5.41) is 2.73. The van der Waals surface area contributed by atoms with E-state index in [9.17, 15) is 8.78 Å². The van der Waals surface area contributed by atoms with Crippen molar-refractivity contribution in [3.63, 3.8) is 0 Å². The van der Waals surface area contributed by atoms with E-state index in [0.717, 1.165) is 12.8 Å². The lowest BCUT2D eigenvalue weighted by molar-refractivity contribution is -0.226. The summed E-state index contributed by atoms with van der Waals surface area (Å²) < 4.78 is 35.8. The monoisotopic (exact) mass is 193 g/mol. The van der Waals surface area contributed by atoms with Crippen LogP contribution in [-0.4, -0.2) is 38.0 Å². The summed E-state index contributed by atoms with van der Waals surface area (Å²) in [7, 11) is 0. The lowest BCUT2D eigenvalue weighted by atomic mass is 10.0. The van der Waals surface area contributed by atoms with E-state index in [1.54, 1.807) is 0 Å². The van der Waals surface area contributed by atoms with Crippen LogP contribution in [0, 0.1) is 0 Å². The number of nitrogens with one attached hydrogen (secondary N) is 1. The van der Waals surface area contributed by atoms with Crippen LogP contribution >= 0.6 is 0 Å². The molecule has 1 unspecified atom stereocenters. The molecule has 0 aromatic heterocycles. The maximum absolute atomic E-state index is 12.7. The average Bonchev–Trinajstić information content (AvgIpc) is 2.13. The summed E-state index contributed by atoms with van der Waals surface area (Å²) in [6.07, 6.45) is 1.61. The molecule has 0 aliphatic carbocycles. The number of hydrogen-bond acceptors (Lipinski definition) is 3. The number of alkyl halides is 2. The maximum Gasteiger partial charge on any atom is 0.283 e. The van der Waals surface area contributed by atoms with E-state index in [1.165, 1.54) is 0 Å². The molecule has 2 heterocycles. The van der Waals surface area contributed by atoms with Crippen LogP contribution in [0.1, 0.15) is 12.8 Å². The Kier molecular flexibility index (Phi) is 2.25. The van der Waals surface area contributed by atoms with Crippen LogP contribution in [0.5, 0.6) is 0 Å². The van der Waals surface area contributed by atoms with Gasteiger partial charge in [-0.05, 0) is 12.8 Å². The van der Waals surface area contributed by atoms with Gasteiger partial charge in [0.05, 0.1) is 13.2 Å². The van der Waals surface area contributed by atoms with Gasteiger partial charge in [0.1, 0.15) is 12.3 Å². The predicted molar refractivity (Wildman–Crippen MR) is 41.7 cm³/mol. The smallest absolute Gasteiger partial charge is 0.283 e. The molecular formula is C8H13F2NO2. The second-order valence-corrected chi connectivity index (χ2v) is 3.65. The van der Waals surface area contributed by atoms with E-state index in [2.05, 4.69) is 5.32 Å². The Morgan fingerprint density at radius 3 is 2.62 bits per heavy atom. The number of rotatable bonds is 0. The van der Waals surface area contributed by atoms with Gasteiger partial charge in [-0.25, -0.2) is 8.78 Å². The Balaban J connectivity index is 1.95. The number of ether oxygens (including phenoxy) is 2. The van der Waals surface area contributed by atoms with Gasteiger partial charge in [-0.1, -0.05) is 0 Å². The Morgan fingerprint density at radius 1 is 1.23 bits per heavy atom. The van der Waals surface area contributed by atoms with Crippen LogP contribution in [0.25, 0.3) is 0 Å². The number of halogens is 2. The molecule has 2 aliphatic rings. The third kappa shape index (κ3) is 1.98. The zero-order valence-corrected chi connectivity index (χ0v) is 7.32. The van der Waals surface area contributed by atoms with Gasteiger partial charge in [0.15, 0.2) is 0 Å². The van der Waals surface area contributed by atoms with Crippen LogP contribution in [0.3, 0.4) is 0 Å². The molecule has 2 aliphatic heterocycles. The van der Waals surface area contributed by atoms with E-state index in [0.29, 0.717) is 13.2 Å². The molecule has 0 radical (unpaired) electrons. The highest BCUT2D eigenvalue weighted by Gasteiger charge is 2.44. The molecule has 2 rings (SSSR count). The van der Waals surface area contributed by atoms with Crippen LogP contribution in [0.2, 0.25) is 0 Å². The summed E-state index contributed by atoms with van der Waals surface area (Å²) in [6.45, 7) is 0.270. The third-order valence-electron chi connectivity index (χ3n) is 2.43. The first-order valence-corrected chi connectivity index (χ1v) is 4.47. The highest BCUT2D eigenvalue weighted by atomic mass is 19.3. The van der Waals surface area contributed by atoms with Crippen LogP contribution in [0.15, 0.2) is 0 Å². The molecule has 1 spiro atoms. The second kappa shape index (κ2) is 3.15. The van der Waals surface area contributed by atoms with E-state index < -0.39 is 18.3 Å². The van der Waals surface area contributed by atoms with Crippen molar-refractivity contribution < 1.29 is 18.3 Å². The fourth-order valence-corrected chi connectivity index (χ4v) is 1.66. The van der Waals surface area contributed by atoms with Crippen molar-refractivity contribution in [2.75, 3.05) is 26.4 Å². The SMILES string of the molecule is FC1(F)CNC2(CCCOC2)OC1. The third-order valence-corrected chi connectivity index (χ3v) is 2.43. The summed E-state index contributed by atoms with van der Waals surface area (Å²) in [5.41, 5.74) is -0.639. The molecule has 1 N–H and O–H groups in total. The highest BCUT2D eigenvalue weighted by molar-refractivity contribution is 4.88. The van der Waals surface area contributed by atoms with Gasteiger partial charge < -0.3 is 9.47 Å². The molecule has 0 saturated carbocycles. The van der Waals surface area contributed by atoms with Crippen molar-refractivity contribution in [2.24, 2.45) is 0 Å². The molecule has 76 valence electrons. The molecule has 2 fully saturated rings. The molecule has 1 atom stereocenters. The van der Waals surface area contributed by atoms with Gasteiger partial charge in [-0.2, -0.15) is 0 Å². The van der Waals surface area contributed by atoms with Gasteiger partial charge in [0.25, 0.3) is 5.92 Å². The number of hydrogen-bond donors (Lipinski definition) is 1. The van der Waals surface area contributed by atoms with Gasteiger partial charge in [-0.15, -0.1) is 0 Å². The molecule has 0 aromatic rings. The predicted octanol–water partition coefficient (Wildman–Crippen LogP) is 0.748. The summed E-state index contributed by atoms with van der Waals surface area (Å²) >= 11 is 0. The first kappa shape index (κ1) is 9.30. The molecule has 2 saturated heterocycles. The Hall–Kier alpha value is -0.260. The van der Waals surface area contributed by atoms with Crippen molar-refractivity contribution >= 4 is 0 Å². The topological polar surface area (TPSA) is 30.5 Å². The van der Waals surface area contributed by atoms with E-state index in [4.69, 9.17) is 9.47 Å². The second-order valence-electron chi connectivity index (χ2n) is 3.65. The van der Waals surface area contributed by atoms with Gasteiger partial charge in [-0.3, -0.25) is 5.32 Å². The minimum absolute atomic E-state index is 0.309. The molecule has 0 bridgehead atoms. The van der Waals surface area contributed by atoms with Crippen molar-refractivity contribution in [1.82, 2.24) is 5.32 Å².